The molecule has 4 aromatic heterocycles. The van der Waals surface area contributed by atoms with Crippen LogP contribution in [-0.2, 0) is 7.05 Å². The van der Waals surface area contributed by atoms with Gasteiger partial charge in [-0.1, -0.05) is 0 Å². The summed E-state index contributed by atoms with van der Waals surface area (Å²) in [6.45, 7) is 3.75. The van der Waals surface area contributed by atoms with Crippen LogP contribution in [0.15, 0.2) is 37.1 Å². The number of aromatic nitrogens is 7. The van der Waals surface area contributed by atoms with Gasteiger partial charge in [0.05, 0.1) is 11.7 Å². The first-order valence-corrected chi connectivity index (χ1v) is 10.9. The van der Waals surface area contributed by atoms with Crippen LogP contribution in [0.3, 0.4) is 0 Å². The first-order valence-electron chi connectivity index (χ1n) is 10.9. The number of nitrogens with one attached hydrogen (secondary N) is 2. The van der Waals surface area contributed by atoms with Crippen LogP contribution in [-0.4, -0.2) is 60.9 Å². The van der Waals surface area contributed by atoms with Crippen LogP contribution >= 0.6 is 0 Å². The Morgan fingerprint density at radius 1 is 1.09 bits per heavy atom. The summed E-state index contributed by atoms with van der Waals surface area (Å²) in [6.07, 6.45) is 9.68. The molecular formula is C22H24N10. The fraction of sp³-hybridized carbons (Fsp3) is 0.364. The monoisotopic (exact) mass is 428 g/mol. The van der Waals surface area contributed by atoms with Crippen molar-refractivity contribution in [1.29, 1.82) is 0 Å². The summed E-state index contributed by atoms with van der Waals surface area (Å²) < 4.78 is 1.64. The van der Waals surface area contributed by atoms with E-state index < -0.39 is 0 Å². The van der Waals surface area contributed by atoms with Crippen molar-refractivity contribution in [3.8, 4) is 11.4 Å². The van der Waals surface area contributed by atoms with Crippen LogP contribution in [0.25, 0.3) is 22.3 Å². The molecular weight excluding hydrogens is 404 g/mol. The Morgan fingerprint density at radius 2 is 1.97 bits per heavy atom. The van der Waals surface area contributed by atoms with Crippen LogP contribution in [0.4, 0.5) is 17.6 Å². The van der Waals surface area contributed by atoms with E-state index in [1.807, 2.05) is 31.6 Å². The Morgan fingerprint density at radius 3 is 2.75 bits per heavy atom. The number of aryl methyl sites for hydroxylation is 1. The SMILES string of the molecule is Cn1cnc(Nc2cc(-c3nc(N4CCNCC4)c4c(C5CC5)cncc4n3)ccn2)n1. The molecule has 5 heterocycles. The van der Waals surface area contributed by atoms with Gasteiger partial charge in [0, 0.05) is 56.6 Å². The Kier molecular flexibility index (Phi) is 4.64. The van der Waals surface area contributed by atoms with Gasteiger partial charge in [0.2, 0.25) is 5.95 Å². The topological polar surface area (TPSA) is 110 Å². The normalized spacial score (nSPS) is 16.5. The molecule has 4 aromatic rings. The maximum atomic E-state index is 5.09. The van der Waals surface area contributed by atoms with Gasteiger partial charge in [0.25, 0.3) is 0 Å². The van der Waals surface area contributed by atoms with E-state index in [0.29, 0.717) is 23.5 Å². The molecule has 0 aromatic carbocycles. The standard InChI is InChI=1S/C22H24N10/c1-31-13-26-22(30-31)28-18-10-15(4-5-25-18)20-27-17-12-24-11-16(14-2-3-14)19(17)21(29-20)32-8-6-23-7-9-32/h4-5,10-14,23H,2-3,6-9H2,1H3,(H,25,28,30). The first kappa shape index (κ1) is 19.1. The Balaban J connectivity index is 1.45. The number of piperazine rings is 1. The van der Waals surface area contributed by atoms with Gasteiger partial charge >= 0.3 is 0 Å². The van der Waals surface area contributed by atoms with E-state index in [1.165, 1.54) is 18.4 Å². The highest BCUT2D eigenvalue weighted by molar-refractivity contribution is 5.94. The summed E-state index contributed by atoms with van der Waals surface area (Å²) in [7, 11) is 1.83. The van der Waals surface area contributed by atoms with Gasteiger partial charge in [-0.05, 0) is 36.5 Å². The molecule has 162 valence electrons. The van der Waals surface area contributed by atoms with Crippen LogP contribution < -0.4 is 15.5 Å². The minimum Gasteiger partial charge on any atom is -0.353 e. The molecule has 2 N–H and O–H groups in total. The number of hydrogen-bond donors (Lipinski definition) is 2. The molecule has 1 saturated heterocycles. The van der Waals surface area contributed by atoms with Crippen LogP contribution in [0.5, 0.6) is 0 Å². The zero-order chi connectivity index (χ0) is 21.5. The summed E-state index contributed by atoms with van der Waals surface area (Å²) in [4.78, 5) is 25.5. The summed E-state index contributed by atoms with van der Waals surface area (Å²) in [5.74, 6) is 3.39. The predicted molar refractivity (Wildman–Crippen MR) is 122 cm³/mol. The third-order valence-corrected chi connectivity index (χ3v) is 5.91. The second-order valence-electron chi connectivity index (χ2n) is 8.30. The molecule has 10 nitrogen and oxygen atoms in total. The highest BCUT2D eigenvalue weighted by Crippen LogP contribution is 2.44. The fourth-order valence-corrected chi connectivity index (χ4v) is 4.18. The van der Waals surface area contributed by atoms with E-state index in [1.54, 1.807) is 17.2 Å². The molecule has 1 aliphatic carbocycles. The lowest BCUT2D eigenvalue weighted by Crippen LogP contribution is -2.44. The number of hydrogen-bond acceptors (Lipinski definition) is 9. The van der Waals surface area contributed by atoms with Gasteiger partial charge in [0.15, 0.2) is 5.82 Å². The van der Waals surface area contributed by atoms with Gasteiger partial charge in [-0.2, -0.15) is 0 Å². The second-order valence-corrected chi connectivity index (χ2v) is 8.30. The van der Waals surface area contributed by atoms with Gasteiger partial charge in [-0.3, -0.25) is 9.67 Å². The first-order chi connectivity index (χ1) is 15.7. The van der Waals surface area contributed by atoms with Crippen molar-refractivity contribution in [2.75, 3.05) is 36.4 Å². The lowest BCUT2D eigenvalue weighted by atomic mass is 10.1. The largest absolute Gasteiger partial charge is 0.353 e. The van der Waals surface area contributed by atoms with Crippen molar-refractivity contribution >= 4 is 28.5 Å². The average molecular weight is 429 g/mol. The van der Waals surface area contributed by atoms with E-state index >= 15 is 0 Å². The number of rotatable bonds is 5. The molecule has 2 fully saturated rings. The molecule has 1 aliphatic heterocycles. The number of nitrogens with zero attached hydrogens (tertiary/aromatic N) is 8. The zero-order valence-electron chi connectivity index (χ0n) is 17.9. The van der Waals surface area contributed by atoms with E-state index in [4.69, 9.17) is 9.97 Å². The molecule has 32 heavy (non-hydrogen) atoms. The summed E-state index contributed by atoms with van der Waals surface area (Å²) in [6, 6.07) is 3.86. The number of fused-ring (bicyclic) bond motifs is 1. The summed E-state index contributed by atoms with van der Waals surface area (Å²) in [5.41, 5.74) is 3.06. The van der Waals surface area contributed by atoms with Gasteiger partial charge in [-0.25, -0.2) is 19.9 Å². The predicted octanol–water partition coefficient (Wildman–Crippen LogP) is 2.25. The van der Waals surface area contributed by atoms with Crippen molar-refractivity contribution in [3.63, 3.8) is 0 Å². The molecule has 2 aliphatic rings. The van der Waals surface area contributed by atoms with Crippen molar-refractivity contribution in [3.05, 3.63) is 42.6 Å². The van der Waals surface area contributed by atoms with Crippen LogP contribution in [0, 0.1) is 0 Å². The zero-order valence-corrected chi connectivity index (χ0v) is 17.9. The van der Waals surface area contributed by atoms with Crippen molar-refractivity contribution in [2.24, 2.45) is 7.05 Å². The molecule has 0 atom stereocenters. The van der Waals surface area contributed by atoms with Gasteiger partial charge in [0.1, 0.15) is 18.0 Å². The Hall–Kier alpha value is -3.66. The maximum Gasteiger partial charge on any atom is 0.247 e. The third-order valence-electron chi connectivity index (χ3n) is 5.91. The molecule has 0 bridgehead atoms. The fourth-order valence-electron chi connectivity index (χ4n) is 4.18. The highest BCUT2D eigenvalue weighted by atomic mass is 15.4. The van der Waals surface area contributed by atoms with Crippen molar-refractivity contribution in [1.82, 2.24) is 40.0 Å². The van der Waals surface area contributed by atoms with Crippen molar-refractivity contribution < 1.29 is 0 Å². The maximum absolute atomic E-state index is 5.09. The minimum absolute atomic E-state index is 0.497. The van der Waals surface area contributed by atoms with E-state index in [0.717, 1.165) is 48.5 Å². The molecule has 0 unspecified atom stereocenters. The Labute approximate surface area is 185 Å². The van der Waals surface area contributed by atoms with E-state index in [-0.39, 0.29) is 0 Å². The molecule has 6 rings (SSSR count). The molecule has 1 saturated carbocycles. The van der Waals surface area contributed by atoms with Crippen LogP contribution in [0.1, 0.15) is 24.3 Å². The summed E-state index contributed by atoms with van der Waals surface area (Å²) in [5, 5.41) is 12.0. The number of pyridine rings is 2. The second kappa shape index (κ2) is 7.79. The van der Waals surface area contributed by atoms with Crippen molar-refractivity contribution in [2.45, 2.75) is 18.8 Å². The summed E-state index contributed by atoms with van der Waals surface area (Å²) >= 11 is 0. The van der Waals surface area contributed by atoms with Crippen LogP contribution in [0.2, 0.25) is 0 Å². The van der Waals surface area contributed by atoms with E-state index in [2.05, 4.69) is 35.6 Å². The third kappa shape index (κ3) is 3.62. The quantitative estimate of drug-likeness (QED) is 0.494. The lowest BCUT2D eigenvalue weighted by molar-refractivity contribution is 0.586. The van der Waals surface area contributed by atoms with Gasteiger partial charge < -0.3 is 15.5 Å². The van der Waals surface area contributed by atoms with E-state index in [9.17, 15) is 0 Å². The molecule has 10 heteroatoms. The average Bonchev–Trinajstić information content (AvgIpc) is 3.60. The Bertz CT molecular complexity index is 1270. The van der Waals surface area contributed by atoms with Gasteiger partial charge in [-0.15, -0.1) is 5.10 Å². The smallest absolute Gasteiger partial charge is 0.247 e. The molecule has 0 amide bonds. The lowest BCUT2D eigenvalue weighted by Gasteiger charge is -2.30. The molecule has 0 radical (unpaired) electrons. The molecule has 0 spiro atoms. The number of anilines is 3. The minimum atomic E-state index is 0.497. The highest BCUT2D eigenvalue weighted by Gasteiger charge is 2.29.